The van der Waals surface area contributed by atoms with Crippen molar-refractivity contribution in [2.24, 2.45) is 0 Å². The molecule has 1 aliphatic rings. The normalized spacial score (nSPS) is 18.5. The van der Waals surface area contributed by atoms with Gasteiger partial charge in [0.05, 0.1) is 6.61 Å². The molecule has 33 heavy (non-hydrogen) atoms. The van der Waals surface area contributed by atoms with Gasteiger partial charge in [-0.2, -0.15) is 25.3 Å². The summed E-state index contributed by atoms with van der Waals surface area (Å²) in [5, 5.41) is 0. The molecule has 0 fully saturated rings. The highest BCUT2D eigenvalue weighted by atomic mass is 32.3. The lowest BCUT2D eigenvalue weighted by Gasteiger charge is -2.18. The van der Waals surface area contributed by atoms with Crippen LogP contribution < -0.4 is 8.92 Å². The summed E-state index contributed by atoms with van der Waals surface area (Å²) in [6, 6.07) is 9.82. The predicted octanol–water partition coefficient (Wildman–Crippen LogP) is 1.61. The van der Waals surface area contributed by atoms with E-state index in [0.29, 0.717) is 17.5 Å². The van der Waals surface area contributed by atoms with E-state index in [0.717, 1.165) is 0 Å². The Kier molecular flexibility index (Phi) is 7.30. The van der Waals surface area contributed by atoms with Crippen molar-refractivity contribution in [2.45, 2.75) is 25.0 Å². The van der Waals surface area contributed by atoms with Crippen molar-refractivity contribution in [1.82, 2.24) is 0 Å². The molecule has 2 aromatic carbocycles. The summed E-state index contributed by atoms with van der Waals surface area (Å²) in [5.74, 6) is 0.0447. The number of rotatable bonds is 10. The molecule has 0 saturated carbocycles. The Labute approximate surface area is 189 Å². The van der Waals surface area contributed by atoms with E-state index in [9.17, 15) is 29.8 Å². The molecule has 0 amide bonds. The minimum atomic E-state index is -4.91. The number of ether oxygens (including phenoxy) is 1. The highest BCUT2D eigenvalue weighted by Gasteiger charge is 2.39. The van der Waals surface area contributed by atoms with Crippen LogP contribution in [0.5, 0.6) is 11.5 Å². The zero-order chi connectivity index (χ0) is 24.4. The highest BCUT2D eigenvalue weighted by Crippen LogP contribution is 2.47. The number of hydrogen-bond acceptors (Lipinski definition) is 10. The maximum Gasteiger partial charge on any atom is 0.446 e. The topological polar surface area (TPSA) is 200 Å². The van der Waals surface area contributed by atoms with Crippen LogP contribution in [0.25, 0.3) is 0 Å². The van der Waals surface area contributed by atoms with Crippen molar-refractivity contribution in [3.8, 4) is 11.5 Å². The van der Waals surface area contributed by atoms with Gasteiger partial charge in [-0.05, 0) is 48.2 Å². The third-order valence-electron chi connectivity index (χ3n) is 4.39. The molecule has 1 heterocycles. The Morgan fingerprint density at radius 3 is 2.09 bits per heavy atom. The SMILES string of the molecule is O=S(=O)(O)OCCCc1ccc2c(c1)[C@H](OS(=O)(=O)O)[C@@H](c1ccc(OS(=O)(=O)O)cc1)O2. The summed E-state index contributed by atoms with van der Waals surface area (Å²) in [7, 11) is -14.2. The van der Waals surface area contributed by atoms with Crippen LogP contribution >= 0.6 is 0 Å². The van der Waals surface area contributed by atoms with E-state index in [2.05, 4.69) is 8.37 Å². The Balaban J connectivity index is 1.83. The van der Waals surface area contributed by atoms with Gasteiger partial charge in [0.2, 0.25) is 0 Å². The van der Waals surface area contributed by atoms with Gasteiger partial charge < -0.3 is 8.92 Å². The number of fused-ring (bicyclic) bond motifs is 1. The first-order valence-corrected chi connectivity index (χ1v) is 13.1. The standard InChI is InChI=1S/C17H18O13S3/c18-31(19,20)27-9-1-2-11-3-8-15-14(10-11)17(30-33(24,25)26)16(28-15)12-4-6-13(7-5-12)29-32(21,22)23/h3-8,10,16-17H,1-2,9H2,(H,18,19,20)(H,21,22,23)(H,24,25,26)/t16-,17+/m1/s1. The third-order valence-corrected chi connectivity index (χ3v) is 5.71. The van der Waals surface area contributed by atoms with E-state index in [1.165, 1.54) is 30.3 Å². The molecule has 2 atom stereocenters. The maximum absolute atomic E-state index is 11.4. The predicted molar refractivity (Wildman–Crippen MR) is 110 cm³/mol. The molecule has 16 heteroatoms. The third kappa shape index (κ3) is 7.61. The molecular formula is C17H18O13S3. The average molecular weight is 527 g/mol. The lowest BCUT2D eigenvalue weighted by molar-refractivity contribution is 0.0807. The van der Waals surface area contributed by atoms with E-state index in [1.54, 1.807) is 12.1 Å². The fraction of sp³-hybridized carbons (Fsp3) is 0.294. The van der Waals surface area contributed by atoms with Crippen LogP contribution in [-0.2, 0) is 46.0 Å². The van der Waals surface area contributed by atoms with Crippen LogP contribution in [-0.4, -0.2) is 45.5 Å². The first kappa shape index (κ1) is 25.3. The van der Waals surface area contributed by atoms with E-state index in [-0.39, 0.29) is 30.1 Å². The minimum Gasteiger partial charge on any atom is -0.482 e. The van der Waals surface area contributed by atoms with Gasteiger partial charge in [0, 0.05) is 5.56 Å². The van der Waals surface area contributed by atoms with Crippen LogP contribution in [0.3, 0.4) is 0 Å². The van der Waals surface area contributed by atoms with Gasteiger partial charge in [0.1, 0.15) is 17.6 Å². The monoisotopic (exact) mass is 526 g/mol. The summed E-state index contributed by atoms with van der Waals surface area (Å²) in [6.07, 6.45) is -1.85. The zero-order valence-corrected chi connectivity index (χ0v) is 18.9. The molecule has 0 bridgehead atoms. The highest BCUT2D eigenvalue weighted by molar-refractivity contribution is 7.81. The molecule has 2 aromatic rings. The molecule has 0 spiro atoms. The Morgan fingerprint density at radius 2 is 1.52 bits per heavy atom. The lowest BCUT2D eigenvalue weighted by Crippen LogP contribution is -2.17. The lowest BCUT2D eigenvalue weighted by atomic mass is 9.98. The molecule has 0 radical (unpaired) electrons. The van der Waals surface area contributed by atoms with Gasteiger partial charge in [-0.15, -0.1) is 0 Å². The van der Waals surface area contributed by atoms with Crippen LogP contribution in [0.2, 0.25) is 0 Å². The maximum atomic E-state index is 11.4. The van der Waals surface area contributed by atoms with Gasteiger partial charge in [-0.25, -0.2) is 8.37 Å². The molecule has 13 nitrogen and oxygen atoms in total. The fourth-order valence-corrected chi connectivity index (χ4v) is 4.35. The molecule has 1 aliphatic heterocycles. The smallest absolute Gasteiger partial charge is 0.446 e. The van der Waals surface area contributed by atoms with Crippen molar-refractivity contribution in [3.63, 3.8) is 0 Å². The van der Waals surface area contributed by atoms with Gasteiger partial charge in [-0.1, -0.05) is 18.2 Å². The molecule has 0 unspecified atom stereocenters. The minimum absolute atomic E-state index is 0.210. The molecule has 0 aromatic heterocycles. The molecule has 0 saturated heterocycles. The second-order valence-electron chi connectivity index (χ2n) is 6.79. The largest absolute Gasteiger partial charge is 0.482 e. The van der Waals surface area contributed by atoms with Crippen LogP contribution in [0, 0.1) is 0 Å². The van der Waals surface area contributed by atoms with E-state index in [1.807, 2.05) is 0 Å². The molecule has 0 aliphatic carbocycles. The fourth-order valence-electron chi connectivity index (χ4n) is 3.20. The molecule has 3 rings (SSSR count). The summed E-state index contributed by atoms with van der Waals surface area (Å²) >= 11 is 0. The number of aryl methyl sites for hydroxylation is 1. The van der Waals surface area contributed by atoms with E-state index >= 15 is 0 Å². The summed E-state index contributed by atoms with van der Waals surface area (Å²) in [5.41, 5.74) is 1.26. The second-order valence-corrected chi connectivity index (χ2v) is 9.95. The average Bonchev–Trinajstić information content (AvgIpc) is 3.00. The second kappa shape index (κ2) is 9.51. The van der Waals surface area contributed by atoms with Gasteiger partial charge in [0.25, 0.3) is 0 Å². The van der Waals surface area contributed by atoms with Crippen molar-refractivity contribution >= 4 is 31.2 Å². The van der Waals surface area contributed by atoms with Gasteiger partial charge >= 0.3 is 31.2 Å². The zero-order valence-electron chi connectivity index (χ0n) is 16.5. The Bertz CT molecular complexity index is 1320. The van der Waals surface area contributed by atoms with Crippen molar-refractivity contribution in [3.05, 3.63) is 59.2 Å². The number of hydrogen-bond donors (Lipinski definition) is 3. The van der Waals surface area contributed by atoms with Crippen LogP contribution in [0.1, 0.15) is 35.3 Å². The quantitative estimate of drug-likeness (QED) is 0.298. The first-order valence-electron chi connectivity index (χ1n) is 9.04. The summed E-state index contributed by atoms with van der Waals surface area (Å²) in [4.78, 5) is 0. The first-order chi connectivity index (χ1) is 15.2. The van der Waals surface area contributed by atoms with Crippen LogP contribution in [0.15, 0.2) is 42.5 Å². The van der Waals surface area contributed by atoms with Gasteiger partial charge in [-0.3, -0.25) is 13.7 Å². The van der Waals surface area contributed by atoms with E-state index in [4.69, 9.17) is 18.0 Å². The van der Waals surface area contributed by atoms with Gasteiger partial charge in [0.15, 0.2) is 6.10 Å². The van der Waals surface area contributed by atoms with Crippen molar-refractivity contribution < 1.29 is 56.2 Å². The van der Waals surface area contributed by atoms with E-state index < -0.39 is 43.4 Å². The molecular weight excluding hydrogens is 508 g/mol. The molecule has 3 N–H and O–H groups in total. The summed E-state index contributed by atoms with van der Waals surface area (Å²) in [6.45, 7) is -0.280. The number of benzene rings is 2. The van der Waals surface area contributed by atoms with Crippen molar-refractivity contribution in [1.29, 1.82) is 0 Å². The van der Waals surface area contributed by atoms with Crippen LogP contribution in [0.4, 0.5) is 0 Å². The molecule has 182 valence electrons. The Morgan fingerprint density at radius 1 is 0.848 bits per heavy atom. The van der Waals surface area contributed by atoms with Crippen molar-refractivity contribution in [2.75, 3.05) is 6.61 Å². The summed E-state index contributed by atoms with van der Waals surface area (Å²) < 4.78 is 111. The Hall–Kier alpha value is -2.31.